The molecule has 74 valence electrons. The number of rotatable bonds is 3. The van der Waals surface area contributed by atoms with Gasteiger partial charge in [0.25, 0.3) is 0 Å². The summed E-state index contributed by atoms with van der Waals surface area (Å²) in [6.45, 7) is 3.20. The molecular formula is C11H12O3. The van der Waals surface area contributed by atoms with Crippen LogP contribution in [0.25, 0.3) is 0 Å². The van der Waals surface area contributed by atoms with E-state index < -0.39 is 12.1 Å². The molecular weight excluding hydrogens is 180 g/mol. The second-order valence-electron chi connectivity index (χ2n) is 3.08. The summed E-state index contributed by atoms with van der Waals surface area (Å²) in [6.07, 6.45) is -0.164. The SMILES string of the molecule is CC(=O)OC(C=O)c1cccc(C)c1. The number of hydrogen-bond acceptors (Lipinski definition) is 3. The molecule has 0 heterocycles. The molecule has 0 aliphatic carbocycles. The van der Waals surface area contributed by atoms with Gasteiger partial charge in [-0.3, -0.25) is 9.59 Å². The minimum atomic E-state index is -0.785. The van der Waals surface area contributed by atoms with E-state index in [1.54, 1.807) is 6.07 Å². The molecule has 3 nitrogen and oxygen atoms in total. The molecule has 0 aromatic heterocycles. The van der Waals surface area contributed by atoms with Gasteiger partial charge in [0.15, 0.2) is 12.4 Å². The van der Waals surface area contributed by atoms with E-state index in [1.165, 1.54) is 6.92 Å². The number of benzene rings is 1. The molecule has 0 fully saturated rings. The van der Waals surface area contributed by atoms with E-state index in [2.05, 4.69) is 0 Å². The lowest BCUT2D eigenvalue weighted by molar-refractivity contribution is -0.149. The third-order valence-electron chi connectivity index (χ3n) is 1.79. The summed E-state index contributed by atoms with van der Waals surface area (Å²) in [5.74, 6) is -0.455. The number of carbonyl (C=O) groups is 2. The molecule has 0 bridgehead atoms. The van der Waals surface area contributed by atoms with Crippen molar-refractivity contribution in [2.45, 2.75) is 20.0 Å². The second-order valence-corrected chi connectivity index (χ2v) is 3.08. The van der Waals surface area contributed by atoms with Crippen molar-refractivity contribution in [3.05, 3.63) is 35.4 Å². The third-order valence-corrected chi connectivity index (χ3v) is 1.79. The monoisotopic (exact) mass is 192 g/mol. The van der Waals surface area contributed by atoms with E-state index in [-0.39, 0.29) is 0 Å². The van der Waals surface area contributed by atoms with Crippen molar-refractivity contribution in [1.29, 1.82) is 0 Å². The average molecular weight is 192 g/mol. The molecule has 0 spiro atoms. The summed E-state index contributed by atoms with van der Waals surface area (Å²) in [7, 11) is 0. The number of aldehydes is 1. The van der Waals surface area contributed by atoms with Crippen molar-refractivity contribution in [2.75, 3.05) is 0 Å². The second kappa shape index (κ2) is 4.56. The van der Waals surface area contributed by atoms with Crippen LogP contribution < -0.4 is 0 Å². The first kappa shape index (κ1) is 10.4. The first-order chi connectivity index (χ1) is 6.63. The van der Waals surface area contributed by atoms with Crippen molar-refractivity contribution < 1.29 is 14.3 Å². The van der Waals surface area contributed by atoms with Gasteiger partial charge in [-0.1, -0.05) is 29.8 Å². The molecule has 1 rings (SSSR count). The van der Waals surface area contributed by atoms with Crippen LogP contribution in [-0.2, 0) is 14.3 Å². The Balaban J connectivity index is 2.89. The van der Waals surface area contributed by atoms with Gasteiger partial charge in [-0.05, 0) is 12.5 Å². The first-order valence-electron chi connectivity index (χ1n) is 4.32. The normalized spacial score (nSPS) is 11.9. The van der Waals surface area contributed by atoms with Crippen LogP contribution in [0.5, 0.6) is 0 Å². The molecule has 0 saturated heterocycles. The van der Waals surface area contributed by atoms with Gasteiger partial charge >= 0.3 is 5.97 Å². The van der Waals surface area contributed by atoms with E-state index in [0.29, 0.717) is 11.8 Å². The number of ether oxygens (including phenoxy) is 1. The van der Waals surface area contributed by atoms with Crippen LogP contribution in [-0.4, -0.2) is 12.3 Å². The predicted octanol–water partition coefficient (Wildman–Crippen LogP) is 1.80. The van der Waals surface area contributed by atoms with E-state index in [0.717, 1.165) is 5.56 Å². The number of hydrogen-bond donors (Lipinski definition) is 0. The Bertz CT molecular complexity index is 344. The van der Waals surface area contributed by atoms with Crippen LogP contribution in [0.15, 0.2) is 24.3 Å². The highest BCUT2D eigenvalue weighted by Gasteiger charge is 2.12. The molecule has 1 atom stereocenters. The van der Waals surface area contributed by atoms with Crippen LogP contribution in [0.1, 0.15) is 24.2 Å². The fraction of sp³-hybridized carbons (Fsp3) is 0.273. The molecule has 3 heteroatoms. The summed E-state index contributed by atoms with van der Waals surface area (Å²) in [6, 6.07) is 7.32. The molecule has 14 heavy (non-hydrogen) atoms. The number of esters is 1. The summed E-state index contributed by atoms with van der Waals surface area (Å²) < 4.78 is 4.83. The zero-order valence-corrected chi connectivity index (χ0v) is 8.19. The Morgan fingerprint density at radius 1 is 1.50 bits per heavy atom. The highest BCUT2D eigenvalue weighted by atomic mass is 16.5. The van der Waals surface area contributed by atoms with Gasteiger partial charge in [-0.25, -0.2) is 0 Å². The van der Waals surface area contributed by atoms with Gasteiger partial charge in [0, 0.05) is 6.92 Å². The van der Waals surface area contributed by atoms with Crippen molar-refractivity contribution in [2.24, 2.45) is 0 Å². The van der Waals surface area contributed by atoms with E-state index in [1.807, 2.05) is 25.1 Å². The van der Waals surface area contributed by atoms with Crippen LogP contribution in [0.3, 0.4) is 0 Å². The van der Waals surface area contributed by atoms with E-state index in [9.17, 15) is 9.59 Å². The Kier molecular flexibility index (Phi) is 3.40. The first-order valence-corrected chi connectivity index (χ1v) is 4.32. The Hall–Kier alpha value is -1.64. The van der Waals surface area contributed by atoms with Crippen molar-refractivity contribution in [1.82, 2.24) is 0 Å². The smallest absolute Gasteiger partial charge is 0.303 e. The molecule has 1 unspecified atom stereocenters. The topological polar surface area (TPSA) is 43.4 Å². The van der Waals surface area contributed by atoms with Crippen LogP contribution in [0, 0.1) is 6.92 Å². The van der Waals surface area contributed by atoms with Gasteiger partial charge in [0.2, 0.25) is 0 Å². The molecule has 1 aromatic rings. The maximum absolute atomic E-state index is 10.7. The number of carbonyl (C=O) groups excluding carboxylic acids is 2. The summed E-state index contributed by atoms with van der Waals surface area (Å²) in [4.78, 5) is 21.4. The van der Waals surface area contributed by atoms with E-state index in [4.69, 9.17) is 4.74 Å². The van der Waals surface area contributed by atoms with Crippen LogP contribution in [0.2, 0.25) is 0 Å². The molecule has 0 aliphatic heterocycles. The van der Waals surface area contributed by atoms with Gasteiger partial charge < -0.3 is 4.74 Å². The third kappa shape index (κ3) is 2.69. The van der Waals surface area contributed by atoms with Gasteiger partial charge in [-0.15, -0.1) is 0 Å². The summed E-state index contributed by atoms with van der Waals surface area (Å²) in [5.41, 5.74) is 1.73. The standard InChI is InChI=1S/C11H12O3/c1-8-4-3-5-10(6-8)11(7-12)14-9(2)13/h3-7,11H,1-2H3. The number of aryl methyl sites for hydroxylation is 1. The lowest BCUT2D eigenvalue weighted by Crippen LogP contribution is -2.09. The van der Waals surface area contributed by atoms with Crippen LogP contribution in [0.4, 0.5) is 0 Å². The average Bonchev–Trinajstić information content (AvgIpc) is 2.14. The van der Waals surface area contributed by atoms with Gasteiger partial charge in [0.05, 0.1) is 0 Å². The zero-order valence-electron chi connectivity index (χ0n) is 8.19. The summed E-state index contributed by atoms with van der Waals surface area (Å²) in [5, 5.41) is 0. The molecule has 0 saturated carbocycles. The minimum Gasteiger partial charge on any atom is -0.450 e. The maximum atomic E-state index is 10.7. The lowest BCUT2D eigenvalue weighted by Gasteiger charge is -2.10. The van der Waals surface area contributed by atoms with E-state index >= 15 is 0 Å². The maximum Gasteiger partial charge on any atom is 0.303 e. The molecule has 1 aromatic carbocycles. The van der Waals surface area contributed by atoms with Crippen molar-refractivity contribution >= 4 is 12.3 Å². The minimum absolute atomic E-state index is 0.455. The highest BCUT2D eigenvalue weighted by molar-refractivity contribution is 5.71. The fourth-order valence-corrected chi connectivity index (χ4v) is 1.20. The van der Waals surface area contributed by atoms with Gasteiger partial charge in [0.1, 0.15) is 0 Å². The van der Waals surface area contributed by atoms with Gasteiger partial charge in [-0.2, -0.15) is 0 Å². The summed E-state index contributed by atoms with van der Waals surface area (Å²) >= 11 is 0. The molecule has 0 amide bonds. The largest absolute Gasteiger partial charge is 0.450 e. The molecule has 0 aliphatic rings. The lowest BCUT2D eigenvalue weighted by atomic mass is 10.1. The Morgan fingerprint density at radius 2 is 2.21 bits per heavy atom. The molecule has 0 radical (unpaired) electrons. The predicted molar refractivity (Wildman–Crippen MR) is 51.8 cm³/mol. The molecule has 0 N–H and O–H groups in total. The van der Waals surface area contributed by atoms with Crippen molar-refractivity contribution in [3.63, 3.8) is 0 Å². The Labute approximate surface area is 82.7 Å². The zero-order chi connectivity index (χ0) is 10.6. The fourth-order valence-electron chi connectivity index (χ4n) is 1.20. The van der Waals surface area contributed by atoms with Crippen molar-refractivity contribution in [3.8, 4) is 0 Å². The van der Waals surface area contributed by atoms with Crippen LogP contribution >= 0.6 is 0 Å². The quantitative estimate of drug-likeness (QED) is 0.541. The Morgan fingerprint density at radius 3 is 2.71 bits per heavy atom. The highest BCUT2D eigenvalue weighted by Crippen LogP contribution is 2.16.